The molecule has 1 heterocycles. The highest BCUT2D eigenvalue weighted by Gasteiger charge is 2.05. The van der Waals surface area contributed by atoms with Crippen molar-refractivity contribution < 1.29 is 4.79 Å². The van der Waals surface area contributed by atoms with Crippen molar-refractivity contribution in [3.05, 3.63) is 58.3 Å². The lowest BCUT2D eigenvalue weighted by Crippen LogP contribution is -2.14. The van der Waals surface area contributed by atoms with E-state index in [2.05, 4.69) is 10.3 Å². The predicted molar refractivity (Wildman–Crippen MR) is 73.0 cm³/mol. The number of hydrogen-bond donors (Lipinski definition) is 1. The van der Waals surface area contributed by atoms with E-state index >= 15 is 0 Å². The molecule has 0 spiro atoms. The molecule has 92 valence electrons. The predicted octanol–water partition coefficient (Wildman–Crippen LogP) is 3.57. The van der Waals surface area contributed by atoms with Crippen LogP contribution in [0.1, 0.15) is 5.56 Å². The molecular weight excluding hydrogens is 271 g/mol. The van der Waals surface area contributed by atoms with Crippen LogP contribution >= 0.6 is 23.2 Å². The molecule has 2 aromatic rings. The quantitative estimate of drug-likeness (QED) is 0.934. The first kappa shape index (κ1) is 12.9. The fourth-order valence-electron chi connectivity index (χ4n) is 1.52. The number of nitrogens with zero attached hydrogens (tertiary/aromatic N) is 1. The Bertz CT molecular complexity index is 538. The van der Waals surface area contributed by atoms with Gasteiger partial charge in [0, 0.05) is 28.1 Å². The molecule has 18 heavy (non-hydrogen) atoms. The van der Waals surface area contributed by atoms with Gasteiger partial charge < -0.3 is 5.32 Å². The Balaban J connectivity index is 2.03. The van der Waals surface area contributed by atoms with E-state index in [0.29, 0.717) is 15.7 Å². The lowest BCUT2D eigenvalue weighted by molar-refractivity contribution is -0.115. The number of benzene rings is 1. The van der Waals surface area contributed by atoms with Crippen molar-refractivity contribution in [3.63, 3.8) is 0 Å². The van der Waals surface area contributed by atoms with Gasteiger partial charge in [-0.1, -0.05) is 23.2 Å². The molecule has 0 aliphatic rings. The second-order valence-electron chi connectivity index (χ2n) is 3.74. The van der Waals surface area contributed by atoms with Gasteiger partial charge in [-0.3, -0.25) is 9.78 Å². The minimum Gasteiger partial charge on any atom is -0.326 e. The number of amides is 1. The lowest BCUT2D eigenvalue weighted by Gasteiger charge is -2.06. The van der Waals surface area contributed by atoms with Gasteiger partial charge in [0.05, 0.1) is 6.42 Å². The van der Waals surface area contributed by atoms with Crippen molar-refractivity contribution in [3.8, 4) is 0 Å². The van der Waals surface area contributed by atoms with Gasteiger partial charge in [-0.2, -0.15) is 0 Å². The monoisotopic (exact) mass is 280 g/mol. The Kier molecular flexibility index (Phi) is 4.18. The number of carbonyl (C=O) groups excluding carboxylic acids is 1. The van der Waals surface area contributed by atoms with E-state index in [1.165, 1.54) is 0 Å². The molecule has 0 aliphatic carbocycles. The van der Waals surface area contributed by atoms with Crippen LogP contribution in [-0.4, -0.2) is 10.9 Å². The van der Waals surface area contributed by atoms with Crippen LogP contribution in [-0.2, 0) is 11.2 Å². The first-order valence-corrected chi connectivity index (χ1v) is 6.04. The van der Waals surface area contributed by atoms with Gasteiger partial charge in [-0.05, 0) is 35.9 Å². The van der Waals surface area contributed by atoms with Gasteiger partial charge in [-0.15, -0.1) is 0 Å². The molecule has 2 rings (SSSR count). The number of rotatable bonds is 3. The second-order valence-corrected chi connectivity index (χ2v) is 4.61. The normalized spacial score (nSPS) is 10.1. The van der Waals surface area contributed by atoms with E-state index in [1.807, 2.05) is 0 Å². The highest BCUT2D eigenvalue weighted by atomic mass is 35.5. The summed E-state index contributed by atoms with van der Waals surface area (Å²) >= 11 is 11.7. The molecule has 0 bridgehead atoms. The largest absolute Gasteiger partial charge is 0.326 e. The molecule has 3 nitrogen and oxygen atoms in total. The lowest BCUT2D eigenvalue weighted by atomic mass is 10.2. The fourth-order valence-corrected chi connectivity index (χ4v) is 2.04. The van der Waals surface area contributed by atoms with E-state index in [4.69, 9.17) is 23.2 Å². The maximum atomic E-state index is 11.8. The Labute approximate surface area is 115 Å². The third kappa shape index (κ3) is 3.72. The Morgan fingerprint density at radius 3 is 2.33 bits per heavy atom. The highest BCUT2D eigenvalue weighted by Crippen LogP contribution is 2.22. The number of aromatic nitrogens is 1. The zero-order valence-electron chi connectivity index (χ0n) is 9.36. The van der Waals surface area contributed by atoms with Crippen molar-refractivity contribution in [2.24, 2.45) is 0 Å². The molecule has 1 aromatic heterocycles. The molecule has 0 saturated carbocycles. The molecule has 1 amide bonds. The maximum Gasteiger partial charge on any atom is 0.228 e. The van der Waals surface area contributed by atoms with Crippen LogP contribution in [0.2, 0.25) is 10.0 Å². The number of halogens is 2. The fraction of sp³-hybridized carbons (Fsp3) is 0.0769. The van der Waals surface area contributed by atoms with Crippen molar-refractivity contribution in [1.82, 2.24) is 4.98 Å². The summed E-state index contributed by atoms with van der Waals surface area (Å²) in [4.78, 5) is 15.7. The third-order valence-corrected chi connectivity index (χ3v) is 2.70. The number of carbonyl (C=O) groups is 1. The first-order chi connectivity index (χ1) is 8.63. The molecule has 0 saturated heterocycles. The van der Waals surface area contributed by atoms with Crippen molar-refractivity contribution in [1.29, 1.82) is 0 Å². The van der Waals surface area contributed by atoms with Crippen LogP contribution in [0.4, 0.5) is 5.69 Å². The summed E-state index contributed by atoms with van der Waals surface area (Å²) in [6.07, 6.45) is 3.59. The minimum atomic E-state index is -0.125. The Morgan fingerprint density at radius 2 is 1.72 bits per heavy atom. The van der Waals surface area contributed by atoms with Crippen LogP contribution in [0, 0.1) is 0 Å². The van der Waals surface area contributed by atoms with Crippen molar-refractivity contribution >= 4 is 34.8 Å². The van der Waals surface area contributed by atoms with Crippen LogP contribution in [0.5, 0.6) is 0 Å². The number of nitrogens with one attached hydrogen (secondary N) is 1. The van der Waals surface area contributed by atoms with Crippen LogP contribution in [0.3, 0.4) is 0 Å². The van der Waals surface area contributed by atoms with Gasteiger partial charge >= 0.3 is 0 Å². The van der Waals surface area contributed by atoms with E-state index in [9.17, 15) is 4.79 Å². The summed E-state index contributed by atoms with van der Waals surface area (Å²) in [7, 11) is 0. The molecule has 0 atom stereocenters. The molecule has 0 fully saturated rings. The Hall–Kier alpha value is -1.58. The smallest absolute Gasteiger partial charge is 0.228 e. The zero-order valence-corrected chi connectivity index (χ0v) is 10.9. The van der Waals surface area contributed by atoms with Gasteiger partial charge in [-0.25, -0.2) is 0 Å². The topological polar surface area (TPSA) is 42.0 Å². The summed E-state index contributed by atoms with van der Waals surface area (Å²) in [5.41, 5.74) is 1.49. The number of anilines is 1. The SMILES string of the molecule is O=C(Cc1ccncc1)Nc1cc(Cl)cc(Cl)c1. The van der Waals surface area contributed by atoms with E-state index < -0.39 is 0 Å². The Morgan fingerprint density at radius 1 is 1.11 bits per heavy atom. The van der Waals surface area contributed by atoms with Crippen molar-refractivity contribution in [2.45, 2.75) is 6.42 Å². The highest BCUT2D eigenvalue weighted by molar-refractivity contribution is 6.35. The average molecular weight is 281 g/mol. The van der Waals surface area contributed by atoms with Crippen LogP contribution in [0.25, 0.3) is 0 Å². The van der Waals surface area contributed by atoms with Crippen molar-refractivity contribution in [2.75, 3.05) is 5.32 Å². The summed E-state index contributed by atoms with van der Waals surface area (Å²) in [5, 5.41) is 3.72. The maximum absolute atomic E-state index is 11.8. The van der Waals surface area contributed by atoms with Gasteiger partial charge in [0.25, 0.3) is 0 Å². The molecular formula is C13H10Cl2N2O. The number of hydrogen-bond acceptors (Lipinski definition) is 2. The van der Waals surface area contributed by atoms with Gasteiger partial charge in [0.2, 0.25) is 5.91 Å². The summed E-state index contributed by atoms with van der Waals surface area (Å²) in [6, 6.07) is 8.51. The second kappa shape index (κ2) is 5.85. The summed E-state index contributed by atoms with van der Waals surface area (Å²) < 4.78 is 0. The van der Waals surface area contributed by atoms with Gasteiger partial charge in [0.1, 0.15) is 0 Å². The van der Waals surface area contributed by atoms with E-state index in [1.54, 1.807) is 42.7 Å². The summed E-state index contributed by atoms with van der Waals surface area (Å²) in [6.45, 7) is 0. The first-order valence-electron chi connectivity index (χ1n) is 5.28. The molecule has 5 heteroatoms. The number of pyridine rings is 1. The average Bonchev–Trinajstić information content (AvgIpc) is 2.28. The third-order valence-electron chi connectivity index (χ3n) is 2.26. The molecule has 0 aliphatic heterocycles. The molecule has 0 radical (unpaired) electrons. The molecule has 0 unspecified atom stereocenters. The van der Waals surface area contributed by atoms with Crippen LogP contribution < -0.4 is 5.32 Å². The molecule has 1 aromatic carbocycles. The standard InChI is InChI=1S/C13H10Cl2N2O/c14-10-6-11(15)8-12(7-10)17-13(18)5-9-1-3-16-4-2-9/h1-4,6-8H,5H2,(H,17,18). The van der Waals surface area contributed by atoms with Crippen LogP contribution in [0.15, 0.2) is 42.7 Å². The minimum absolute atomic E-state index is 0.125. The van der Waals surface area contributed by atoms with E-state index in [0.717, 1.165) is 5.56 Å². The zero-order chi connectivity index (χ0) is 13.0. The molecule has 1 N–H and O–H groups in total. The van der Waals surface area contributed by atoms with E-state index in [-0.39, 0.29) is 12.3 Å². The van der Waals surface area contributed by atoms with Gasteiger partial charge in [0.15, 0.2) is 0 Å². The summed E-state index contributed by atoms with van der Waals surface area (Å²) in [5.74, 6) is -0.125.